The summed E-state index contributed by atoms with van der Waals surface area (Å²) in [5, 5.41) is 0. The number of hydrogen-bond acceptors (Lipinski definition) is 3. The van der Waals surface area contributed by atoms with Crippen molar-refractivity contribution in [2.75, 3.05) is 0 Å². The first-order valence-electron chi connectivity index (χ1n) is 7.39. The average molecular weight is 290 g/mol. The van der Waals surface area contributed by atoms with Crippen LogP contribution in [0.4, 0.5) is 0 Å². The van der Waals surface area contributed by atoms with Gasteiger partial charge in [-0.1, -0.05) is 33.3 Å². The maximum absolute atomic E-state index is 11.4. The van der Waals surface area contributed by atoms with Crippen molar-refractivity contribution < 1.29 is 14.4 Å². The van der Waals surface area contributed by atoms with Gasteiger partial charge in [0.1, 0.15) is 0 Å². The number of Topliss-reactive ketones (excluding diaryl/α,β-unsaturated/α-hetero) is 1. The van der Waals surface area contributed by atoms with Gasteiger partial charge in [0.05, 0.1) is 0 Å². The van der Waals surface area contributed by atoms with E-state index in [1.54, 1.807) is 13.0 Å². The van der Waals surface area contributed by atoms with Crippen LogP contribution in [0.15, 0.2) is 23.3 Å². The number of rotatable bonds is 0. The minimum atomic E-state index is -0.476. The highest BCUT2D eigenvalue weighted by atomic mass is 16.1. The van der Waals surface area contributed by atoms with Gasteiger partial charge in [-0.25, -0.2) is 0 Å². The zero-order valence-corrected chi connectivity index (χ0v) is 14.0. The molecule has 0 atom stereocenters. The number of allylic oxidation sites excluding steroid dienone is 4. The normalized spacial score (nSPS) is 23.8. The predicted molar refractivity (Wildman–Crippen MR) is 83.9 cm³/mol. The van der Waals surface area contributed by atoms with E-state index in [1.165, 1.54) is 11.6 Å². The summed E-state index contributed by atoms with van der Waals surface area (Å²) >= 11 is 0. The summed E-state index contributed by atoms with van der Waals surface area (Å²) in [4.78, 5) is 33.4. The Hall–Kier alpha value is -1.51. The third kappa shape index (κ3) is 5.07. The zero-order valence-electron chi connectivity index (χ0n) is 14.0. The van der Waals surface area contributed by atoms with Gasteiger partial charge in [-0.15, -0.1) is 0 Å². The Morgan fingerprint density at radius 2 is 1.33 bits per heavy atom. The Morgan fingerprint density at radius 3 is 1.76 bits per heavy atom. The lowest BCUT2D eigenvalue weighted by atomic mass is 9.76. The molecule has 0 unspecified atom stereocenters. The fourth-order valence-electron chi connectivity index (χ4n) is 3.07. The number of hydrogen-bond donors (Lipinski definition) is 0. The van der Waals surface area contributed by atoms with E-state index in [2.05, 4.69) is 13.8 Å². The molecule has 0 amide bonds. The Labute approximate surface area is 127 Å². The molecule has 0 aromatic rings. The van der Waals surface area contributed by atoms with Crippen LogP contribution >= 0.6 is 0 Å². The van der Waals surface area contributed by atoms with Crippen molar-refractivity contribution in [3.05, 3.63) is 23.3 Å². The van der Waals surface area contributed by atoms with Gasteiger partial charge < -0.3 is 0 Å². The third-order valence-corrected chi connectivity index (χ3v) is 3.78. The van der Waals surface area contributed by atoms with Gasteiger partial charge in [0.25, 0.3) is 0 Å². The van der Waals surface area contributed by atoms with E-state index in [9.17, 15) is 14.4 Å². The van der Waals surface area contributed by atoms with Crippen LogP contribution in [0.5, 0.6) is 0 Å². The van der Waals surface area contributed by atoms with Crippen molar-refractivity contribution in [3.8, 4) is 0 Å². The molecule has 21 heavy (non-hydrogen) atoms. The van der Waals surface area contributed by atoms with Crippen molar-refractivity contribution in [2.24, 2.45) is 10.8 Å². The van der Waals surface area contributed by atoms with Crippen LogP contribution in [0.3, 0.4) is 0 Å². The lowest BCUT2D eigenvalue weighted by Crippen LogP contribution is -2.31. The van der Waals surface area contributed by atoms with Crippen LogP contribution in [0.1, 0.15) is 60.8 Å². The molecule has 0 aliphatic heterocycles. The van der Waals surface area contributed by atoms with E-state index in [0.29, 0.717) is 18.4 Å². The second-order valence-corrected chi connectivity index (χ2v) is 7.66. The largest absolute Gasteiger partial charge is 0.295 e. The van der Waals surface area contributed by atoms with Crippen LogP contribution in [0.2, 0.25) is 0 Å². The average Bonchev–Trinajstić information content (AvgIpc) is 2.22. The molecule has 3 heteroatoms. The van der Waals surface area contributed by atoms with Crippen molar-refractivity contribution in [2.45, 2.75) is 60.8 Å². The Kier molecular flexibility index (Phi) is 5.08. The highest BCUT2D eigenvalue weighted by Crippen LogP contribution is 2.33. The molecule has 0 fully saturated rings. The minimum Gasteiger partial charge on any atom is -0.295 e. The van der Waals surface area contributed by atoms with Gasteiger partial charge in [0.2, 0.25) is 0 Å². The summed E-state index contributed by atoms with van der Waals surface area (Å²) in [6, 6.07) is 0. The number of carbonyl (C=O) groups excluding carboxylic acids is 3. The molecule has 2 rings (SSSR count). The predicted octanol–water partition coefficient (Wildman–Crippen LogP) is 3.82. The molecule has 0 radical (unpaired) electrons. The molecule has 0 bridgehead atoms. The minimum absolute atomic E-state index is 0.0621. The molecular weight excluding hydrogens is 264 g/mol. The van der Waals surface area contributed by atoms with E-state index in [-0.39, 0.29) is 22.8 Å². The first-order valence-corrected chi connectivity index (χ1v) is 7.39. The number of carbonyl (C=O) groups is 3. The number of ketones is 3. The molecule has 0 saturated carbocycles. The van der Waals surface area contributed by atoms with E-state index < -0.39 is 5.41 Å². The van der Waals surface area contributed by atoms with Gasteiger partial charge in [-0.3, -0.25) is 14.4 Å². The maximum Gasteiger partial charge on any atom is 0.164 e. The molecule has 0 aromatic carbocycles. The van der Waals surface area contributed by atoms with E-state index >= 15 is 0 Å². The Balaban J connectivity index is 0.000000211. The Bertz CT molecular complexity index is 531. The van der Waals surface area contributed by atoms with Crippen molar-refractivity contribution >= 4 is 17.3 Å². The molecule has 0 heterocycles. The summed E-state index contributed by atoms with van der Waals surface area (Å²) in [5.74, 6) is 0.443. The van der Waals surface area contributed by atoms with Gasteiger partial charge in [0, 0.05) is 18.3 Å². The quantitative estimate of drug-likeness (QED) is 0.681. The Morgan fingerprint density at radius 1 is 0.810 bits per heavy atom. The van der Waals surface area contributed by atoms with E-state index in [1.807, 2.05) is 20.8 Å². The van der Waals surface area contributed by atoms with Crippen LogP contribution in [0, 0.1) is 10.8 Å². The highest BCUT2D eigenvalue weighted by molar-refractivity contribution is 6.10. The smallest absolute Gasteiger partial charge is 0.164 e. The summed E-state index contributed by atoms with van der Waals surface area (Å²) in [7, 11) is 0. The second kappa shape index (κ2) is 6.08. The molecule has 2 aliphatic carbocycles. The third-order valence-electron chi connectivity index (χ3n) is 3.78. The second-order valence-electron chi connectivity index (χ2n) is 7.66. The summed E-state index contributed by atoms with van der Waals surface area (Å²) in [5.41, 5.74) is 1.54. The van der Waals surface area contributed by atoms with Crippen LogP contribution in [-0.2, 0) is 14.4 Å². The SMILES string of the molecule is CC1=CC(=O)CC(C)(C)C1.CC1=CC(=O)CC(C)(C)C1=O. The zero-order chi connectivity index (χ0) is 16.4. The molecule has 0 saturated heterocycles. The molecular formula is C18H26O3. The van der Waals surface area contributed by atoms with Crippen LogP contribution < -0.4 is 0 Å². The molecule has 3 nitrogen and oxygen atoms in total. The van der Waals surface area contributed by atoms with Gasteiger partial charge >= 0.3 is 0 Å². The fourth-order valence-corrected chi connectivity index (χ4v) is 3.07. The fraction of sp³-hybridized carbons (Fsp3) is 0.611. The van der Waals surface area contributed by atoms with Crippen LogP contribution in [-0.4, -0.2) is 17.3 Å². The summed E-state index contributed by atoms with van der Waals surface area (Å²) in [6.45, 7) is 11.6. The first-order chi connectivity index (χ1) is 9.43. The van der Waals surface area contributed by atoms with Gasteiger partial charge in [-0.05, 0) is 43.4 Å². The van der Waals surface area contributed by atoms with Crippen LogP contribution in [0.25, 0.3) is 0 Å². The summed E-state index contributed by atoms with van der Waals surface area (Å²) in [6.07, 6.45) is 5.34. The van der Waals surface area contributed by atoms with Crippen molar-refractivity contribution in [3.63, 3.8) is 0 Å². The lowest BCUT2D eigenvalue weighted by Gasteiger charge is -2.27. The topological polar surface area (TPSA) is 51.2 Å². The standard InChI is InChI=1S/C9H12O2.C9H14O/c1-6-4-7(10)5-9(2,3)8(6)11;1-7-4-8(10)6-9(2,3)5-7/h4H,5H2,1-3H3;4H,5-6H2,1-3H3. The molecule has 0 aromatic heterocycles. The highest BCUT2D eigenvalue weighted by Gasteiger charge is 2.34. The maximum atomic E-state index is 11.4. The van der Waals surface area contributed by atoms with E-state index in [0.717, 1.165) is 6.42 Å². The van der Waals surface area contributed by atoms with Gasteiger partial charge in [0.15, 0.2) is 17.3 Å². The molecule has 0 N–H and O–H groups in total. The van der Waals surface area contributed by atoms with Crippen molar-refractivity contribution in [1.82, 2.24) is 0 Å². The van der Waals surface area contributed by atoms with E-state index in [4.69, 9.17) is 0 Å². The summed E-state index contributed by atoms with van der Waals surface area (Å²) < 4.78 is 0. The first kappa shape index (κ1) is 17.5. The lowest BCUT2D eigenvalue weighted by molar-refractivity contribution is -0.129. The monoisotopic (exact) mass is 290 g/mol. The van der Waals surface area contributed by atoms with Gasteiger partial charge in [-0.2, -0.15) is 0 Å². The molecule has 116 valence electrons. The molecule has 0 spiro atoms. The molecule has 2 aliphatic rings. The van der Waals surface area contributed by atoms with Crippen molar-refractivity contribution in [1.29, 1.82) is 0 Å².